The number of anilines is 1. The average Bonchev–Trinajstić information content (AvgIpc) is 2.98. The van der Waals surface area contributed by atoms with Crippen LogP contribution in [0.4, 0.5) is 5.82 Å². The lowest BCUT2D eigenvalue weighted by atomic mass is 10.1. The molecule has 0 bridgehead atoms. The van der Waals surface area contributed by atoms with Gasteiger partial charge in [-0.2, -0.15) is 5.10 Å². The van der Waals surface area contributed by atoms with Crippen LogP contribution >= 0.6 is 0 Å². The topological polar surface area (TPSA) is 43.8 Å². The molecule has 1 fully saturated rings. The van der Waals surface area contributed by atoms with Crippen LogP contribution in [0.3, 0.4) is 0 Å². The molecule has 1 aromatic heterocycles. The zero-order valence-electron chi connectivity index (χ0n) is 10.8. The molecule has 3 rings (SSSR count). The van der Waals surface area contributed by atoms with Crippen molar-refractivity contribution in [3.63, 3.8) is 0 Å². The SMILES string of the molecule is Cc1ccccc1-c1cc(N)n(C2CCCC2)n1. The lowest BCUT2D eigenvalue weighted by Crippen LogP contribution is -2.09. The maximum Gasteiger partial charge on any atom is 0.122 e. The van der Waals surface area contributed by atoms with E-state index >= 15 is 0 Å². The molecule has 1 aliphatic rings. The van der Waals surface area contributed by atoms with E-state index in [9.17, 15) is 0 Å². The molecule has 2 aromatic rings. The maximum absolute atomic E-state index is 6.11. The number of hydrogen-bond acceptors (Lipinski definition) is 2. The summed E-state index contributed by atoms with van der Waals surface area (Å²) >= 11 is 0. The van der Waals surface area contributed by atoms with Crippen LogP contribution in [-0.2, 0) is 0 Å². The highest BCUT2D eigenvalue weighted by Gasteiger charge is 2.20. The number of aromatic nitrogens is 2. The van der Waals surface area contributed by atoms with Crippen molar-refractivity contribution in [1.29, 1.82) is 0 Å². The largest absolute Gasteiger partial charge is 0.384 e. The molecule has 0 atom stereocenters. The number of nitrogen functional groups attached to an aromatic ring is 1. The zero-order chi connectivity index (χ0) is 12.5. The molecule has 0 unspecified atom stereocenters. The molecule has 3 heteroatoms. The Bertz CT molecular complexity index is 551. The van der Waals surface area contributed by atoms with E-state index in [0.717, 1.165) is 11.5 Å². The lowest BCUT2D eigenvalue weighted by molar-refractivity contribution is 0.475. The summed E-state index contributed by atoms with van der Waals surface area (Å²) in [6.45, 7) is 2.11. The van der Waals surface area contributed by atoms with Gasteiger partial charge in [0.15, 0.2) is 0 Å². The van der Waals surface area contributed by atoms with Crippen molar-refractivity contribution in [3.05, 3.63) is 35.9 Å². The Hall–Kier alpha value is -1.77. The summed E-state index contributed by atoms with van der Waals surface area (Å²) in [5.74, 6) is 0.792. The van der Waals surface area contributed by atoms with Gasteiger partial charge in [0.1, 0.15) is 5.82 Å². The fourth-order valence-corrected chi connectivity index (χ4v) is 2.84. The first kappa shape index (κ1) is 11.3. The van der Waals surface area contributed by atoms with Gasteiger partial charge in [0.05, 0.1) is 11.7 Å². The van der Waals surface area contributed by atoms with E-state index in [-0.39, 0.29) is 0 Å². The minimum atomic E-state index is 0.503. The summed E-state index contributed by atoms with van der Waals surface area (Å²) in [6.07, 6.45) is 5.01. The Labute approximate surface area is 108 Å². The molecule has 1 saturated carbocycles. The highest BCUT2D eigenvalue weighted by molar-refractivity contribution is 5.65. The van der Waals surface area contributed by atoms with Gasteiger partial charge in [-0.15, -0.1) is 0 Å². The van der Waals surface area contributed by atoms with Gasteiger partial charge in [-0.3, -0.25) is 0 Å². The van der Waals surface area contributed by atoms with Crippen LogP contribution < -0.4 is 5.73 Å². The zero-order valence-corrected chi connectivity index (χ0v) is 10.8. The van der Waals surface area contributed by atoms with Crippen LogP contribution in [0.1, 0.15) is 37.3 Å². The Kier molecular flexibility index (Phi) is 2.82. The van der Waals surface area contributed by atoms with Crippen LogP contribution in [0.5, 0.6) is 0 Å². The second-order valence-electron chi connectivity index (χ2n) is 5.15. The van der Waals surface area contributed by atoms with E-state index in [0.29, 0.717) is 6.04 Å². The molecule has 0 radical (unpaired) electrons. The standard InChI is InChI=1S/C15H19N3/c1-11-6-2-5-9-13(11)14-10-15(16)18(17-14)12-7-3-4-8-12/h2,5-6,9-10,12H,3-4,7-8,16H2,1H3. The van der Waals surface area contributed by atoms with E-state index in [1.54, 1.807) is 0 Å². The van der Waals surface area contributed by atoms with Gasteiger partial charge in [-0.05, 0) is 25.3 Å². The molecule has 18 heavy (non-hydrogen) atoms. The monoisotopic (exact) mass is 241 g/mol. The van der Waals surface area contributed by atoms with Crippen LogP contribution in [0.25, 0.3) is 11.3 Å². The molecule has 0 aliphatic heterocycles. The third-order valence-corrected chi connectivity index (χ3v) is 3.86. The summed E-state index contributed by atoms with van der Waals surface area (Å²) in [5, 5.41) is 4.71. The fraction of sp³-hybridized carbons (Fsp3) is 0.400. The first-order chi connectivity index (χ1) is 8.75. The van der Waals surface area contributed by atoms with E-state index in [2.05, 4.69) is 25.1 Å². The van der Waals surface area contributed by atoms with E-state index in [4.69, 9.17) is 10.8 Å². The van der Waals surface area contributed by atoms with Crippen molar-refractivity contribution in [1.82, 2.24) is 9.78 Å². The molecular formula is C15H19N3. The molecular weight excluding hydrogens is 222 g/mol. The first-order valence-electron chi connectivity index (χ1n) is 6.67. The van der Waals surface area contributed by atoms with Gasteiger partial charge in [-0.25, -0.2) is 4.68 Å². The van der Waals surface area contributed by atoms with E-state index in [1.165, 1.54) is 36.8 Å². The lowest BCUT2D eigenvalue weighted by Gasteiger charge is -2.11. The highest BCUT2D eigenvalue weighted by atomic mass is 15.3. The minimum Gasteiger partial charge on any atom is -0.384 e. The van der Waals surface area contributed by atoms with Crippen LogP contribution in [0.15, 0.2) is 30.3 Å². The highest BCUT2D eigenvalue weighted by Crippen LogP contribution is 2.33. The normalized spacial score (nSPS) is 16.3. The second-order valence-corrected chi connectivity index (χ2v) is 5.15. The van der Waals surface area contributed by atoms with Crippen molar-refractivity contribution in [2.45, 2.75) is 38.6 Å². The van der Waals surface area contributed by atoms with Crippen molar-refractivity contribution < 1.29 is 0 Å². The van der Waals surface area contributed by atoms with Gasteiger partial charge in [0, 0.05) is 11.6 Å². The van der Waals surface area contributed by atoms with Gasteiger partial charge in [0.2, 0.25) is 0 Å². The van der Waals surface area contributed by atoms with Crippen LogP contribution in [-0.4, -0.2) is 9.78 Å². The maximum atomic E-state index is 6.11. The van der Waals surface area contributed by atoms with Gasteiger partial charge in [0.25, 0.3) is 0 Å². The van der Waals surface area contributed by atoms with E-state index in [1.807, 2.05) is 16.8 Å². The average molecular weight is 241 g/mol. The predicted molar refractivity (Wildman–Crippen MR) is 74.3 cm³/mol. The molecule has 3 nitrogen and oxygen atoms in total. The molecule has 0 spiro atoms. The molecule has 0 saturated heterocycles. The van der Waals surface area contributed by atoms with Crippen molar-refractivity contribution in [2.24, 2.45) is 0 Å². The number of rotatable bonds is 2. The Morgan fingerprint density at radius 2 is 1.94 bits per heavy atom. The van der Waals surface area contributed by atoms with Gasteiger partial charge < -0.3 is 5.73 Å². The predicted octanol–water partition coefficient (Wildman–Crippen LogP) is 3.56. The first-order valence-corrected chi connectivity index (χ1v) is 6.67. The third-order valence-electron chi connectivity index (χ3n) is 3.86. The molecule has 0 amide bonds. The Morgan fingerprint density at radius 1 is 1.22 bits per heavy atom. The molecule has 1 heterocycles. The van der Waals surface area contributed by atoms with Gasteiger partial charge in [-0.1, -0.05) is 37.1 Å². The number of benzene rings is 1. The summed E-state index contributed by atoms with van der Waals surface area (Å²) in [7, 11) is 0. The minimum absolute atomic E-state index is 0.503. The summed E-state index contributed by atoms with van der Waals surface area (Å²) < 4.78 is 2.02. The van der Waals surface area contributed by atoms with Crippen molar-refractivity contribution in [3.8, 4) is 11.3 Å². The molecule has 94 valence electrons. The van der Waals surface area contributed by atoms with Crippen LogP contribution in [0.2, 0.25) is 0 Å². The molecule has 1 aliphatic carbocycles. The number of nitrogens with zero attached hydrogens (tertiary/aromatic N) is 2. The van der Waals surface area contributed by atoms with E-state index < -0.39 is 0 Å². The van der Waals surface area contributed by atoms with Gasteiger partial charge >= 0.3 is 0 Å². The smallest absolute Gasteiger partial charge is 0.122 e. The molecule has 1 aromatic carbocycles. The molecule has 2 N–H and O–H groups in total. The fourth-order valence-electron chi connectivity index (χ4n) is 2.84. The summed E-state index contributed by atoms with van der Waals surface area (Å²) in [5.41, 5.74) is 9.53. The summed E-state index contributed by atoms with van der Waals surface area (Å²) in [4.78, 5) is 0. The Morgan fingerprint density at radius 3 is 2.67 bits per heavy atom. The quantitative estimate of drug-likeness (QED) is 0.873. The Balaban J connectivity index is 1.99. The number of aryl methyl sites for hydroxylation is 1. The van der Waals surface area contributed by atoms with Crippen molar-refractivity contribution >= 4 is 5.82 Å². The summed E-state index contributed by atoms with van der Waals surface area (Å²) in [6, 6.07) is 10.8. The van der Waals surface area contributed by atoms with Crippen LogP contribution in [0, 0.1) is 6.92 Å². The number of hydrogen-bond donors (Lipinski definition) is 1. The third kappa shape index (κ3) is 1.90. The number of nitrogens with two attached hydrogens (primary N) is 1. The second kappa shape index (κ2) is 4.48. The van der Waals surface area contributed by atoms with Crippen molar-refractivity contribution in [2.75, 3.05) is 5.73 Å².